The highest BCUT2D eigenvalue weighted by Gasteiger charge is 2.25. The molecule has 1 atom stereocenters. The van der Waals surface area contributed by atoms with Gasteiger partial charge in [0.25, 0.3) is 5.91 Å². The van der Waals surface area contributed by atoms with Crippen LogP contribution in [0.5, 0.6) is 0 Å². The fourth-order valence-electron chi connectivity index (χ4n) is 2.89. The van der Waals surface area contributed by atoms with Crippen molar-refractivity contribution in [3.63, 3.8) is 0 Å². The molecule has 3 rings (SSSR count). The monoisotopic (exact) mass is 348 g/mol. The van der Waals surface area contributed by atoms with Crippen molar-refractivity contribution < 1.29 is 15.0 Å². The van der Waals surface area contributed by atoms with E-state index in [-0.39, 0.29) is 18.9 Å². The van der Waals surface area contributed by atoms with Crippen LogP contribution in [0.25, 0.3) is 10.9 Å². The van der Waals surface area contributed by atoms with E-state index in [9.17, 15) is 9.90 Å². The predicted molar refractivity (Wildman–Crippen MR) is 100 cm³/mol. The molecule has 0 aliphatic rings. The summed E-state index contributed by atoms with van der Waals surface area (Å²) in [6.45, 7) is 1.33. The summed E-state index contributed by atoms with van der Waals surface area (Å²) in [6.07, 6.45) is 2.11. The molecule has 0 saturated carbocycles. The minimum Gasteiger partial charge on any atom is -0.384 e. The Labute approximate surface area is 151 Å². The summed E-state index contributed by atoms with van der Waals surface area (Å²) in [5.41, 5.74) is 1.53. The summed E-state index contributed by atoms with van der Waals surface area (Å²) in [4.78, 5) is 15.7. The second-order valence-corrected chi connectivity index (χ2v) is 6.30. The van der Waals surface area contributed by atoms with Crippen molar-refractivity contribution in [2.24, 2.45) is 0 Å². The molecule has 0 spiro atoms. The van der Waals surface area contributed by atoms with Crippen LogP contribution in [0, 0.1) is 11.8 Å². The minimum absolute atomic E-state index is 0.240. The van der Waals surface area contributed by atoms with E-state index in [1.807, 2.05) is 30.5 Å². The number of H-pyrrole nitrogens is 1. The Morgan fingerprint density at radius 1 is 1.23 bits per heavy atom. The van der Waals surface area contributed by atoms with Crippen LogP contribution in [-0.2, 0) is 6.42 Å². The molecule has 2 aromatic carbocycles. The first-order chi connectivity index (χ1) is 12.5. The Kier molecular flexibility index (Phi) is 5.08. The molecule has 0 fully saturated rings. The maximum absolute atomic E-state index is 12.5. The van der Waals surface area contributed by atoms with Gasteiger partial charge in [-0.3, -0.25) is 4.79 Å². The van der Waals surface area contributed by atoms with Gasteiger partial charge in [0.1, 0.15) is 12.3 Å². The van der Waals surface area contributed by atoms with Gasteiger partial charge in [-0.05, 0) is 36.8 Å². The number of carbonyl (C=O) groups is 1. The zero-order valence-corrected chi connectivity index (χ0v) is 14.4. The molecule has 4 N–H and O–H groups in total. The molecule has 132 valence electrons. The molecule has 0 radical (unpaired) electrons. The number of aliphatic hydroxyl groups is 2. The molecular weight excluding hydrogens is 328 g/mol. The minimum atomic E-state index is -1.41. The molecule has 26 heavy (non-hydrogen) atoms. The lowest BCUT2D eigenvalue weighted by Gasteiger charge is -2.24. The smallest absolute Gasteiger partial charge is 0.253 e. The summed E-state index contributed by atoms with van der Waals surface area (Å²) in [7, 11) is 0. The first-order valence-electron chi connectivity index (χ1n) is 8.28. The van der Waals surface area contributed by atoms with Gasteiger partial charge < -0.3 is 20.5 Å². The third-order valence-corrected chi connectivity index (χ3v) is 4.03. The van der Waals surface area contributed by atoms with Crippen molar-refractivity contribution in [3.8, 4) is 11.8 Å². The molecule has 0 saturated heterocycles. The third-order valence-electron chi connectivity index (χ3n) is 4.03. The number of aromatic amines is 1. The topological polar surface area (TPSA) is 85.4 Å². The van der Waals surface area contributed by atoms with Crippen LogP contribution in [0.1, 0.15) is 28.4 Å². The summed E-state index contributed by atoms with van der Waals surface area (Å²) in [5, 5.41) is 23.1. The molecule has 1 aromatic heterocycles. The third kappa shape index (κ3) is 4.12. The number of rotatable bonds is 4. The molecule has 1 heterocycles. The summed E-state index contributed by atoms with van der Waals surface area (Å²) in [5.74, 6) is 4.92. The first kappa shape index (κ1) is 17.7. The zero-order valence-electron chi connectivity index (χ0n) is 14.4. The molecule has 3 aromatic rings. The van der Waals surface area contributed by atoms with Gasteiger partial charge in [-0.1, -0.05) is 36.1 Å². The number of para-hydroxylation sites is 1. The van der Waals surface area contributed by atoms with Crippen LogP contribution in [0.2, 0.25) is 0 Å². The average molecular weight is 348 g/mol. The van der Waals surface area contributed by atoms with Crippen LogP contribution in [0.3, 0.4) is 0 Å². The van der Waals surface area contributed by atoms with Gasteiger partial charge in [-0.25, -0.2) is 0 Å². The number of hydrogen-bond donors (Lipinski definition) is 4. The average Bonchev–Trinajstić information content (AvgIpc) is 3.02. The van der Waals surface area contributed by atoms with Gasteiger partial charge in [0, 0.05) is 34.6 Å². The van der Waals surface area contributed by atoms with E-state index < -0.39 is 5.72 Å². The number of aromatic nitrogens is 1. The lowest BCUT2D eigenvalue weighted by Crippen LogP contribution is -2.47. The normalized spacial score (nSPS) is 12.9. The molecule has 0 bridgehead atoms. The Bertz CT molecular complexity index is 993. The van der Waals surface area contributed by atoms with E-state index in [4.69, 9.17) is 5.11 Å². The van der Waals surface area contributed by atoms with E-state index in [2.05, 4.69) is 22.1 Å². The van der Waals surface area contributed by atoms with E-state index in [0.29, 0.717) is 11.1 Å². The highest BCUT2D eigenvalue weighted by molar-refractivity contribution is 5.95. The van der Waals surface area contributed by atoms with Crippen LogP contribution >= 0.6 is 0 Å². The number of aliphatic hydroxyl groups excluding tert-OH is 1. The van der Waals surface area contributed by atoms with E-state index in [1.54, 1.807) is 31.2 Å². The number of amides is 1. The summed E-state index contributed by atoms with van der Waals surface area (Å²) < 4.78 is 0. The lowest BCUT2D eigenvalue weighted by atomic mass is 10.0. The van der Waals surface area contributed by atoms with E-state index in [1.165, 1.54) is 0 Å². The second-order valence-electron chi connectivity index (χ2n) is 6.30. The van der Waals surface area contributed by atoms with Crippen molar-refractivity contribution in [2.45, 2.75) is 19.1 Å². The Morgan fingerprint density at radius 2 is 2.04 bits per heavy atom. The molecule has 0 aliphatic heterocycles. The summed E-state index contributed by atoms with van der Waals surface area (Å²) in [6, 6.07) is 14.6. The molecule has 0 aliphatic carbocycles. The lowest BCUT2D eigenvalue weighted by molar-refractivity contribution is 0.0236. The van der Waals surface area contributed by atoms with Gasteiger partial charge in [0.15, 0.2) is 0 Å². The van der Waals surface area contributed by atoms with Crippen molar-refractivity contribution in [1.82, 2.24) is 10.3 Å². The van der Waals surface area contributed by atoms with Crippen LogP contribution in [0.4, 0.5) is 0 Å². The molecular formula is C21H20N2O3. The highest BCUT2D eigenvalue weighted by atomic mass is 16.3. The number of benzene rings is 2. The van der Waals surface area contributed by atoms with Gasteiger partial charge in [0.2, 0.25) is 0 Å². The number of nitrogens with one attached hydrogen (secondary N) is 2. The number of hydrogen-bond acceptors (Lipinski definition) is 3. The van der Waals surface area contributed by atoms with Crippen molar-refractivity contribution in [2.75, 3.05) is 6.61 Å². The number of fused-ring (bicyclic) bond motifs is 1. The van der Waals surface area contributed by atoms with Crippen LogP contribution in [0.15, 0.2) is 54.7 Å². The van der Waals surface area contributed by atoms with E-state index >= 15 is 0 Å². The van der Waals surface area contributed by atoms with Crippen LogP contribution < -0.4 is 5.32 Å². The largest absolute Gasteiger partial charge is 0.384 e. The molecule has 0 unspecified atom stereocenters. The number of carbonyl (C=O) groups excluding carboxylic acids is 1. The predicted octanol–water partition coefficient (Wildman–Crippen LogP) is 2.19. The maximum Gasteiger partial charge on any atom is 0.253 e. The Hall–Kier alpha value is -3.07. The van der Waals surface area contributed by atoms with Crippen molar-refractivity contribution in [1.29, 1.82) is 0 Å². The molecule has 1 amide bonds. The molecule has 5 nitrogen and oxygen atoms in total. The standard InChI is InChI=1S/C21H20N2O3/c1-21(26,13-17-14-22-19-10-3-2-9-18(17)19)23-20(25)16-8-4-6-15(12-16)7-5-11-24/h2-4,6,8-10,12,14,22,24,26H,11,13H2,1H3,(H,23,25)/t21-/m1/s1. The first-order valence-corrected chi connectivity index (χ1v) is 8.28. The maximum atomic E-state index is 12.5. The second kappa shape index (κ2) is 7.44. The molecule has 5 heteroatoms. The fraction of sp³-hybridized carbons (Fsp3) is 0.190. The van der Waals surface area contributed by atoms with Gasteiger partial charge >= 0.3 is 0 Å². The quantitative estimate of drug-likeness (QED) is 0.431. The zero-order chi connectivity index (χ0) is 18.6. The fourth-order valence-corrected chi connectivity index (χ4v) is 2.89. The highest BCUT2D eigenvalue weighted by Crippen LogP contribution is 2.21. The van der Waals surface area contributed by atoms with Gasteiger partial charge in [-0.15, -0.1) is 0 Å². The Morgan fingerprint density at radius 3 is 2.85 bits per heavy atom. The van der Waals surface area contributed by atoms with Crippen molar-refractivity contribution >= 4 is 16.8 Å². The summed E-state index contributed by atoms with van der Waals surface area (Å²) >= 11 is 0. The van der Waals surface area contributed by atoms with E-state index in [0.717, 1.165) is 16.5 Å². The SMILES string of the molecule is C[C@@](O)(Cc1c[nH]c2ccccc12)NC(=O)c1cccc(C#CCO)c1. The van der Waals surface area contributed by atoms with Gasteiger partial charge in [0.05, 0.1) is 0 Å². The van der Waals surface area contributed by atoms with Crippen LogP contribution in [-0.4, -0.2) is 33.4 Å². The van der Waals surface area contributed by atoms with Crippen molar-refractivity contribution in [3.05, 3.63) is 71.4 Å². The van der Waals surface area contributed by atoms with Gasteiger partial charge in [-0.2, -0.15) is 0 Å². The Balaban J connectivity index is 1.75.